The molecule has 0 atom stereocenters. The fraction of sp³-hybridized carbons (Fsp3) is 0.294. The largest absolute Gasteiger partial charge is 0.494 e. The molecular weight excluding hydrogens is 395 g/mol. The molecule has 146 valence electrons. The molecule has 0 saturated carbocycles. The van der Waals surface area contributed by atoms with Gasteiger partial charge in [0.1, 0.15) is 0 Å². The van der Waals surface area contributed by atoms with Crippen molar-refractivity contribution in [2.24, 2.45) is 0 Å². The van der Waals surface area contributed by atoms with E-state index in [-0.39, 0.29) is 22.1 Å². The zero-order chi connectivity index (χ0) is 19.8. The van der Waals surface area contributed by atoms with Crippen molar-refractivity contribution in [2.45, 2.75) is 18.2 Å². The quantitative estimate of drug-likeness (QED) is 0.811. The summed E-state index contributed by atoms with van der Waals surface area (Å²) < 4.78 is 71.4. The van der Waals surface area contributed by atoms with Gasteiger partial charge >= 0.3 is 0 Å². The number of aryl methyl sites for hydroxylation is 1. The minimum absolute atomic E-state index is 0.0543. The fourth-order valence-electron chi connectivity index (χ4n) is 2.86. The van der Waals surface area contributed by atoms with E-state index in [0.717, 1.165) is 6.07 Å². The summed E-state index contributed by atoms with van der Waals surface area (Å²) >= 11 is 0. The molecule has 7 nitrogen and oxygen atoms in total. The van der Waals surface area contributed by atoms with Crippen molar-refractivity contribution in [1.82, 2.24) is 0 Å². The van der Waals surface area contributed by atoms with Gasteiger partial charge in [-0.1, -0.05) is 0 Å². The van der Waals surface area contributed by atoms with Crippen LogP contribution in [0.5, 0.6) is 5.75 Å². The molecule has 10 heteroatoms. The summed E-state index contributed by atoms with van der Waals surface area (Å²) in [7, 11) is -6.05. The van der Waals surface area contributed by atoms with Crippen LogP contribution in [0.1, 0.15) is 12.0 Å². The van der Waals surface area contributed by atoms with E-state index in [9.17, 15) is 21.2 Å². The number of methoxy groups -OCH3 is 1. The molecule has 0 spiro atoms. The van der Waals surface area contributed by atoms with Crippen molar-refractivity contribution in [1.29, 1.82) is 0 Å². The van der Waals surface area contributed by atoms with Gasteiger partial charge in [0.15, 0.2) is 11.6 Å². The Kier molecular flexibility index (Phi) is 5.04. The van der Waals surface area contributed by atoms with E-state index in [4.69, 9.17) is 4.74 Å². The average molecular weight is 414 g/mol. The van der Waals surface area contributed by atoms with Crippen LogP contribution in [0.3, 0.4) is 0 Å². The molecule has 0 aliphatic carbocycles. The first-order valence-electron chi connectivity index (χ1n) is 8.11. The maximum absolute atomic E-state index is 13.8. The minimum atomic E-state index is -4.02. The molecule has 1 heterocycles. The van der Waals surface area contributed by atoms with Gasteiger partial charge in [-0.3, -0.25) is 9.03 Å². The Morgan fingerprint density at radius 1 is 1.19 bits per heavy atom. The van der Waals surface area contributed by atoms with Crippen molar-refractivity contribution in [3.63, 3.8) is 0 Å². The van der Waals surface area contributed by atoms with Crippen LogP contribution in [0.2, 0.25) is 0 Å². The van der Waals surface area contributed by atoms with Gasteiger partial charge in [-0.15, -0.1) is 0 Å². The third kappa shape index (κ3) is 3.86. The van der Waals surface area contributed by atoms with E-state index in [1.807, 2.05) is 0 Å². The number of sulfonamides is 2. The van der Waals surface area contributed by atoms with E-state index in [0.29, 0.717) is 24.2 Å². The predicted octanol–water partition coefficient (Wildman–Crippen LogP) is 2.48. The lowest BCUT2D eigenvalue weighted by Gasteiger charge is -2.19. The van der Waals surface area contributed by atoms with Crippen LogP contribution >= 0.6 is 0 Å². The highest BCUT2D eigenvalue weighted by atomic mass is 32.2. The van der Waals surface area contributed by atoms with Crippen molar-refractivity contribution < 1.29 is 26.0 Å². The Bertz CT molecular complexity index is 1080. The zero-order valence-electron chi connectivity index (χ0n) is 14.8. The Balaban J connectivity index is 1.88. The van der Waals surface area contributed by atoms with Gasteiger partial charge in [-0.25, -0.2) is 21.2 Å². The Hall–Kier alpha value is -2.33. The summed E-state index contributed by atoms with van der Waals surface area (Å²) in [5, 5.41) is 0. The lowest BCUT2D eigenvalue weighted by atomic mass is 10.2. The topological polar surface area (TPSA) is 92.8 Å². The number of ether oxygens (including phenoxy) is 1. The SMILES string of the molecule is COc1ccc(S(=O)(=O)Nc2ccc(N3CCCS3(=O)=O)cc2C)cc1F. The van der Waals surface area contributed by atoms with E-state index >= 15 is 0 Å². The van der Waals surface area contributed by atoms with Gasteiger partial charge in [-0.05, 0) is 55.3 Å². The average Bonchev–Trinajstić information content (AvgIpc) is 2.95. The number of hydrogen-bond donors (Lipinski definition) is 1. The molecule has 1 saturated heterocycles. The van der Waals surface area contributed by atoms with Crippen molar-refractivity contribution in [2.75, 3.05) is 28.4 Å². The van der Waals surface area contributed by atoms with E-state index < -0.39 is 25.9 Å². The molecule has 2 aromatic carbocycles. The Morgan fingerprint density at radius 2 is 1.93 bits per heavy atom. The summed E-state index contributed by atoms with van der Waals surface area (Å²) in [5.74, 6) is -0.739. The molecule has 0 aromatic heterocycles. The molecular formula is C17H19FN2O5S2. The second-order valence-electron chi connectivity index (χ2n) is 6.14. The first kappa shape index (κ1) is 19.4. The summed E-state index contributed by atoms with van der Waals surface area (Å²) in [6.45, 7) is 2.07. The van der Waals surface area contributed by atoms with Crippen LogP contribution in [0, 0.1) is 12.7 Å². The number of hydrogen-bond acceptors (Lipinski definition) is 5. The molecule has 0 amide bonds. The van der Waals surface area contributed by atoms with E-state index in [2.05, 4.69) is 4.72 Å². The minimum Gasteiger partial charge on any atom is -0.494 e. The molecule has 0 bridgehead atoms. The molecule has 0 radical (unpaired) electrons. The number of halogens is 1. The highest BCUT2D eigenvalue weighted by molar-refractivity contribution is 7.93. The van der Waals surface area contributed by atoms with Gasteiger partial charge in [0.25, 0.3) is 10.0 Å². The smallest absolute Gasteiger partial charge is 0.262 e. The van der Waals surface area contributed by atoms with Crippen LogP contribution in [0.25, 0.3) is 0 Å². The lowest BCUT2D eigenvalue weighted by Crippen LogP contribution is -2.25. The number of anilines is 2. The number of rotatable bonds is 5. The van der Waals surface area contributed by atoms with Crippen molar-refractivity contribution in [3.8, 4) is 5.75 Å². The number of nitrogens with zero attached hydrogens (tertiary/aromatic N) is 1. The van der Waals surface area contributed by atoms with Crippen LogP contribution in [-0.2, 0) is 20.0 Å². The van der Waals surface area contributed by atoms with Crippen LogP contribution in [-0.4, -0.2) is 36.2 Å². The van der Waals surface area contributed by atoms with Gasteiger partial charge in [0, 0.05) is 6.54 Å². The predicted molar refractivity (Wildman–Crippen MR) is 101 cm³/mol. The Morgan fingerprint density at radius 3 is 2.48 bits per heavy atom. The molecule has 1 aliphatic rings. The first-order chi connectivity index (χ1) is 12.6. The van der Waals surface area contributed by atoms with E-state index in [1.165, 1.54) is 29.6 Å². The molecule has 2 aromatic rings. The zero-order valence-corrected chi connectivity index (χ0v) is 16.4. The molecule has 0 unspecified atom stereocenters. The molecule has 3 rings (SSSR count). The third-order valence-corrected chi connectivity index (χ3v) is 7.51. The normalized spacial score (nSPS) is 16.3. The molecule has 27 heavy (non-hydrogen) atoms. The summed E-state index contributed by atoms with van der Waals surface area (Å²) in [6.07, 6.45) is 0.554. The summed E-state index contributed by atoms with van der Waals surface area (Å²) in [5.41, 5.74) is 1.32. The van der Waals surface area contributed by atoms with Crippen LogP contribution in [0.15, 0.2) is 41.3 Å². The first-order valence-corrected chi connectivity index (χ1v) is 11.2. The van der Waals surface area contributed by atoms with Gasteiger partial charge in [0.05, 0.1) is 29.1 Å². The molecule has 1 fully saturated rings. The summed E-state index contributed by atoms with van der Waals surface area (Å²) in [4.78, 5) is -0.244. The van der Waals surface area contributed by atoms with Gasteiger partial charge in [-0.2, -0.15) is 0 Å². The highest BCUT2D eigenvalue weighted by Gasteiger charge is 2.28. The standard InChI is InChI=1S/C17H19FN2O5S2/c1-12-10-13(20-8-3-9-26(20,21)22)4-6-16(12)19-27(23,24)14-5-7-17(25-2)15(18)11-14/h4-7,10-11,19H,3,8-9H2,1-2H3. The Labute approximate surface area is 157 Å². The second-order valence-corrected chi connectivity index (χ2v) is 9.84. The fourth-order valence-corrected chi connectivity index (χ4v) is 5.56. The van der Waals surface area contributed by atoms with Crippen LogP contribution < -0.4 is 13.8 Å². The highest BCUT2D eigenvalue weighted by Crippen LogP contribution is 2.29. The van der Waals surface area contributed by atoms with Gasteiger partial charge in [0.2, 0.25) is 10.0 Å². The van der Waals surface area contributed by atoms with Crippen molar-refractivity contribution >= 4 is 31.4 Å². The van der Waals surface area contributed by atoms with Crippen LogP contribution in [0.4, 0.5) is 15.8 Å². The maximum atomic E-state index is 13.8. The lowest BCUT2D eigenvalue weighted by molar-refractivity contribution is 0.385. The van der Waals surface area contributed by atoms with Crippen molar-refractivity contribution in [3.05, 3.63) is 47.8 Å². The number of nitrogens with one attached hydrogen (secondary N) is 1. The third-order valence-electron chi connectivity index (χ3n) is 4.28. The molecule has 1 N–H and O–H groups in total. The molecule has 1 aliphatic heterocycles. The maximum Gasteiger partial charge on any atom is 0.262 e. The monoisotopic (exact) mass is 414 g/mol. The second kappa shape index (κ2) is 7.01. The number of benzene rings is 2. The van der Waals surface area contributed by atoms with E-state index in [1.54, 1.807) is 19.1 Å². The summed E-state index contributed by atoms with van der Waals surface area (Å²) in [6, 6.07) is 8.00. The van der Waals surface area contributed by atoms with Gasteiger partial charge < -0.3 is 4.74 Å².